The van der Waals surface area contributed by atoms with Crippen molar-refractivity contribution in [1.29, 1.82) is 0 Å². The molecule has 6 heteroatoms. The molecule has 0 aliphatic carbocycles. The van der Waals surface area contributed by atoms with Crippen molar-refractivity contribution in [3.8, 4) is 0 Å². The van der Waals surface area contributed by atoms with Crippen LogP contribution in [0.2, 0.25) is 0 Å². The number of carbonyl (C=O) groups excluding carboxylic acids is 1. The average molecular weight is 316 g/mol. The Kier molecular flexibility index (Phi) is 3.72. The van der Waals surface area contributed by atoms with Gasteiger partial charge in [0.2, 0.25) is 0 Å². The van der Waals surface area contributed by atoms with Crippen LogP contribution in [0.5, 0.6) is 0 Å². The lowest BCUT2D eigenvalue weighted by atomic mass is 10.2. The van der Waals surface area contributed by atoms with Gasteiger partial charge in [0.05, 0.1) is 17.8 Å². The molecule has 2 aliphatic heterocycles. The summed E-state index contributed by atoms with van der Waals surface area (Å²) < 4.78 is 2.21. The fourth-order valence-corrected chi connectivity index (χ4v) is 3.93. The Morgan fingerprint density at radius 3 is 2.86 bits per heavy atom. The molecule has 0 saturated carbocycles. The maximum atomic E-state index is 12.4. The van der Waals surface area contributed by atoms with Crippen molar-refractivity contribution >= 4 is 17.2 Å². The minimum Gasteiger partial charge on any atom is -0.331 e. The Labute approximate surface area is 134 Å². The van der Waals surface area contributed by atoms with Gasteiger partial charge in [0.15, 0.2) is 0 Å². The number of rotatable bonds is 3. The largest absolute Gasteiger partial charge is 0.331 e. The third-order valence-corrected chi connectivity index (χ3v) is 5.18. The van der Waals surface area contributed by atoms with E-state index in [0.717, 1.165) is 36.7 Å². The van der Waals surface area contributed by atoms with Crippen LogP contribution in [0.15, 0.2) is 23.0 Å². The fourth-order valence-electron chi connectivity index (χ4n) is 3.30. The van der Waals surface area contributed by atoms with Crippen molar-refractivity contribution in [2.45, 2.75) is 32.5 Å². The number of fused-ring (bicyclic) bond motifs is 1. The van der Waals surface area contributed by atoms with Crippen LogP contribution >= 0.6 is 11.3 Å². The van der Waals surface area contributed by atoms with E-state index in [9.17, 15) is 4.79 Å². The molecule has 4 heterocycles. The fraction of sp³-hybridized carbons (Fsp3) is 0.500. The molecule has 0 aromatic carbocycles. The molecule has 0 bridgehead atoms. The van der Waals surface area contributed by atoms with Gasteiger partial charge in [-0.1, -0.05) is 0 Å². The maximum absolute atomic E-state index is 12.4. The first kappa shape index (κ1) is 14.0. The highest BCUT2D eigenvalue weighted by Crippen LogP contribution is 2.18. The number of likely N-dealkylation sites (tertiary alicyclic amines) is 1. The Hall–Kier alpha value is -1.66. The maximum Gasteiger partial charge on any atom is 0.255 e. The molecule has 5 nitrogen and oxygen atoms in total. The second kappa shape index (κ2) is 5.85. The minimum atomic E-state index is 0.122. The van der Waals surface area contributed by atoms with E-state index in [1.807, 2.05) is 21.7 Å². The predicted molar refractivity (Wildman–Crippen MR) is 85.8 cm³/mol. The van der Waals surface area contributed by atoms with E-state index in [1.54, 1.807) is 11.3 Å². The summed E-state index contributed by atoms with van der Waals surface area (Å²) in [5.74, 6) is 1.14. The molecule has 2 aliphatic rings. The first-order valence-corrected chi connectivity index (χ1v) is 8.82. The Balaban J connectivity index is 1.46. The van der Waals surface area contributed by atoms with Crippen LogP contribution in [-0.4, -0.2) is 44.9 Å². The van der Waals surface area contributed by atoms with E-state index in [2.05, 4.69) is 15.7 Å². The van der Waals surface area contributed by atoms with Crippen molar-refractivity contribution in [2.24, 2.45) is 0 Å². The third kappa shape index (κ3) is 2.68. The molecule has 116 valence electrons. The van der Waals surface area contributed by atoms with Gasteiger partial charge in [-0.15, -0.1) is 0 Å². The second-order valence-electron chi connectivity index (χ2n) is 6.06. The molecule has 22 heavy (non-hydrogen) atoms. The van der Waals surface area contributed by atoms with Gasteiger partial charge in [-0.2, -0.15) is 11.3 Å². The summed E-state index contributed by atoms with van der Waals surface area (Å²) in [6.45, 7) is 5.54. The number of nitrogens with zero attached hydrogens (tertiary/aromatic N) is 4. The summed E-state index contributed by atoms with van der Waals surface area (Å²) >= 11 is 1.57. The van der Waals surface area contributed by atoms with Gasteiger partial charge >= 0.3 is 0 Å². The SMILES string of the molecule is O=C(c1ccsc1)N1CCn2cc(CN3CCCC3)nc2C1. The van der Waals surface area contributed by atoms with Crippen LogP contribution in [-0.2, 0) is 19.6 Å². The number of amides is 1. The van der Waals surface area contributed by atoms with Gasteiger partial charge < -0.3 is 9.47 Å². The summed E-state index contributed by atoms with van der Waals surface area (Å²) in [7, 11) is 0. The van der Waals surface area contributed by atoms with Crippen LogP contribution in [0.1, 0.15) is 34.7 Å². The third-order valence-electron chi connectivity index (χ3n) is 4.49. The summed E-state index contributed by atoms with van der Waals surface area (Å²) in [6, 6.07) is 1.90. The highest BCUT2D eigenvalue weighted by Gasteiger charge is 2.24. The zero-order valence-electron chi connectivity index (χ0n) is 12.6. The lowest BCUT2D eigenvalue weighted by molar-refractivity contribution is 0.0708. The quantitative estimate of drug-likeness (QED) is 0.872. The molecule has 1 fully saturated rings. The molecule has 0 N–H and O–H groups in total. The van der Waals surface area contributed by atoms with E-state index in [4.69, 9.17) is 4.98 Å². The van der Waals surface area contributed by atoms with Crippen LogP contribution in [0, 0.1) is 0 Å². The standard InChI is InChI=1S/C16H20N4OS/c21-16(13-3-8-22-12-13)20-7-6-19-10-14(17-15(19)11-20)9-18-4-1-2-5-18/h3,8,10,12H,1-2,4-7,9,11H2. The van der Waals surface area contributed by atoms with Gasteiger partial charge in [-0.25, -0.2) is 4.98 Å². The zero-order valence-corrected chi connectivity index (χ0v) is 13.4. The molecule has 0 spiro atoms. The van der Waals surface area contributed by atoms with Crippen LogP contribution < -0.4 is 0 Å². The Morgan fingerprint density at radius 2 is 2.09 bits per heavy atom. The molecule has 2 aromatic heterocycles. The number of hydrogen-bond donors (Lipinski definition) is 0. The lowest BCUT2D eigenvalue weighted by Crippen LogP contribution is -2.38. The molecule has 0 unspecified atom stereocenters. The molecule has 1 amide bonds. The molecule has 1 saturated heterocycles. The monoisotopic (exact) mass is 316 g/mol. The number of carbonyl (C=O) groups is 1. The molecule has 4 rings (SSSR count). The molecule has 0 atom stereocenters. The van der Waals surface area contributed by atoms with Crippen LogP contribution in [0.4, 0.5) is 0 Å². The summed E-state index contributed by atoms with van der Waals surface area (Å²) in [4.78, 5) is 21.6. The summed E-state index contributed by atoms with van der Waals surface area (Å²) in [5.41, 5.74) is 1.93. The smallest absolute Gasteiger partial charge is 0.255 e. The first-order valence-electron chi connectivity index (χ1n) is 7.88. The Bertz CT molecular complexity index is 658. The van der Waals surface area contributed by atoms with Crippen LogP contribution in [0.25, 0.3) is 0 Å². The van der Waals surface area contributed by atoms with E-state index in [0.29, 0.717) is 6.54 Å². The highest BCUT2D eigenvalue weighted by atomic mass is 32.1. The van der Waals surface area contributed by atoms with Gasteiger partial charge in [-0.05, 0) is 37.4 Å². The highest BCUT2D eigenvalue weighted by molar-refractivity contribution is 7.08. The Morgan fingerprint density at radius 1 is 1.23 bits per heavy atom. The number of aromatic nitrogens is 2. The molecule has 2 aromatic rings. The zero-order chi connectivity index (χ0) is 14.9. The normalized spacial score (nSPS) is 18.6. The van der Waals surface area contributed by atoms with Crippen molar-refractivity contribution in [3.63, 3.8) is 0 Å². The van der Waals surface area contributed by atoms with Gasteiger partial charge in [-0.3, -0.25) is 9.69 Å². The molecular formula is C16H20N4OS. The predicted octanol–water partition coefficient (Wildman–Crippen LogP) is 2.20. The van der Waals surface area contributed by atoms with E-state index in [1.165, 1.54) is 25.9 Å². The summed E-state index contributed by atoms with van der Waals surface area (Å²) in [6.07, 6.45) is 4.77. The van der Waals surface area contributed by atoms with E-state index < -0.39 is 0 Å². The minimum absolute atomic E-state index is 0.122. The molecule has 0 radical (unpaired) electrons. The second-order valence-corrected chi connectivity index (χ2v) is 6.84. The summed E-state index contributed by atoms with van der Waals surface area (Å²) in [5, 5.41) is 3.87. The first-order chi connectivity index (χ1) is 10.8. The van der Waals surface area contributed by atoms with E-state index >= 15 is 0 Å². The number of imidazole rings is 1. The number of thiophene rings is 1. The van der Waals surface area contributed by atoms with Gasteiger partial charge in [0.1, 0.15) is 5.82 Å². The van der Waals surface area contributed by atoms with Crippen LogP contribution in [0.3, 0.4) is 0 Å². The van der Waals surface area contributed by atoms with Crippen molar-refractivity contribution in [2.75, 3.05) is 19.6 Å². The average Bonchev–Trinajstić information content (AvgIpc) is 3.27. The lowest BCUT2D eigenvalue weighted by Gasteiger charge is -2.27. The van der Waals surface area contributed by atoms with Gasteiger partial charge in [0, 0.05) is 31.2 Å². The van der Waals surface area contributed by atoms with Crippen molar-refractivity contribution in [3.05, 3.63) is 40.1 Å². The topological polar surface area (TPSA) is 41.4 Å². The van der Waals surface area contributed by atoms with Crippen molar-refractivity contribution < 1.29 is 4.79 Å². The molecular weight excluding hydrogens is 296 g/mol. The van der Waals surface area contributed by atoms with Crippen molar-refractivity contribution in [1.82, 2.24) is 19.4 Å². The van der Waals surface area contributed by atoms with Gasteiger partial charge in [0.25, 0.3) is 5.91 Å². The van der Waals surface area contributed by atoms with E-state index in [-0.39, 0.29) is 5.91 Å². The number of hydrogen-bond acceptors (Lipinski definition) is 4.